The number of fused-ring (bicyclic) bond motifs is 1. The molecule has 2 heterocycles. The Balaban J connectivity index is 1.76. The first-order valence-corrected chi connectivity index (χ1v) is 7.19. The zero-order chi connectivity index (χ0) is 15.8. The molecular formula is C17H13N5O. The summed E-state index contributed by atoms with van der Waals surface area (Å²) in [6.07, 6.45) is 1.78. The molecule has 2 aromatic carbocycles. The van der Waals surface area contributed by atoms with Crippen molar-refractivity contribution in [1.29, 1.82) is 0 Å². The van der Waals surface area contributed by atoms with Crippen LogP contribution in [-0.2, 0) is 0 Å². The van der Waals surface area contributed by atoms with Crippen LogP contribution >= 0.6 is 0 Å². The van der Waals surface area contributed by atoms with Crippen LogP contribution < -0.4 is 0 Å². The number of tetrazole rings is 1. The second kappa shape index (κ2) is 5.17. The van der Waals surface area contributed by atoms with E-state index in [-0.39, 0.29) is 5.91 Å². The minimum Gasteiger partial charge on any atom is -0.283 e. The molecule has 1 N–H and O–H groups in total. The van der Waals surface area contributed by atoms with Crippen molar-refractivity contribution in [3.63, 3.8) is 0 Å². The van der Waals surface area contributed by atoms with E-state index < -0.39 is 0 Å². The number of aromatic nitrogens is 5. The summed E-state index contributed by atoms with van der Waals surface area (Å²) in [6.45, 7) is 2.00. The highest BCUT2D eigenvalue weighted by molar-refractivity contribution is 6.02. The average Bonchev–Trinajstić information content (AvgIpc) is 3.24. The van der Waals surface area contributed by atoms with Gasteiger partial charge < -0.3 is 0 Å². The summed E-state index contributed by atoms with van der Waals surface area (Å²) >= 11 is 0. The van der Waals surface area contributed by atoms with Crippen molar-refractivity contribution >= 4 is 16.8 Å². The number of carbonyl (C=O) groups is 1. The maximum Gasteiger partial charge on any atom is 0.262 e. The summed E-state index contributed by atoms with van der Waals surface area (Å²) in [5.41, 5.74) is 3.49. The Kier molecular flexibility index (Phi) is 3.01. The number of nitrogens with one attached hydrogen (secondary N) is 1. The first-order chi connectivity index (χ1) is 11.2. The minimum atomic E-state index is -0.0488. The molecule has 0 atom stereocenters. The number of aryl methyl sites for hydroxylation is 1. The maximum absolute atomic E-state index is 12.7. The third-order valence-corrected chi connectivity index (χ3v) is 3.81. The lowest BCUT2D eigenvalue weighted by Crippen LogP contribution is -2.10. The van der Waals surface area contributed by atoms with Crippen molar-refractivity contribution in [2.45, 2.75) is 6.92 Å². The molecule has 0 aliphatic carbocycles. The van der Waals surface area contributed by atoms with Crippen LogP contribution in [-0.4, -0.2) is 31.1 Å². The Labute approximate surface area is 131 Å². The lowest BCUT2D eigenvalue weighted by atomic mass is 10.1. The first-order valence-electron chi connectivity index (χ1n) is 7.19. The second-order valence-electron chi connectivity index (χ2n) is 5.37. The number of hydrogen-bond donors (Lipinski definition) is 1. The monoisotopic (exact) mass is 303 g/mol. The number of H-pyrrole nitrogens is 1. The number of hydrogen-bond acceptors (Lipinski definition) is 4. The van der Waals surface area contributed by atoms with Crippen molar-refractivity contribution in [2.75, 3.05) is 0 Å². The molecule has 4 rings (SSSR count). The van der Waals surface area contributed by atoms with Crippen LogP contribution in [0.3, 0.4) is 0 Å². The van der Waals surface area contributed by atoms with Gasteiger partial charge >= 0.3 is 0 Å². The van der Waals surface area contributed by atoms with E-state index in [9.17, 15) is 4.79 Å². The fourth-order valence-electron chi connectivity index (χ4n) is 2.58. The van der Waals surface area contributed by atoms with Crippen molar-refractivity contribution in [3.8, 4) is 11.4 Å². The first kappa shape index (κ1) is 13.4. The standard InChI is InChI=1S/C17H13N5O/c1-11-2-4-12(5-3-11)17(23)22-9-8-13-10-14(6-7-15(13)22)16-18-20-21-19-16/h2-10H,1H3,(H,18,19,20,21). The van der Waals surface area contributed by atoms with Gasteiger partial charge in [-0.15, -0.1) is 10.2 Å². The molecule has 0 unspecified atom stereocenters. The van der Waals surface area contributed by atoms with Crippen LogP contribution in [0.1, 0.15) is 15.9 Å². The topological polar surface area (TPSA) is 76.5 Å². The molecule has 0 aliphatic rings. The Morgan fingerprint density at radius 1 is 1.09 bits per heavy atom. The number of carbonyl (C=O) groups excluding carboxylic acids is 1. The lowest BCUT2D eigenvalue weighted by molar-refractivity contribution is 0.0965. The lowest BCUT2D eigenvalue weighted by Gasteiger charge is -2.05. The largest absolute Gasteiger partial charge is 0.283 e. The molecule has 6 heteroatoms. The fourth-order valence-corrected chi connectivity index (χ4v) is 2.58. The molecule has 0 radical (unpaired) electrons. The summed E-state index contributed by atoms with van der Waals surface area (Å²) in [5.74, 6) is 0.483. The molecule has 0 fully saturated rings. The summed E-state index contributed by atoms with van der Waals surface area (Å²) in [7, 11) is 0. The Morgan fingerprint density at radius 2 is 1.91 bits per heavy atom. The highest BCUT2D eigenvalue weighted by Gasteiger charge is 2.12. The molecule has 2 aromatic heterocycles. The van der Waals surface area contributed by atoms with Gasteiger partial charge in [0.2, 0.25) is 5.82 Å². The smallest absolute Gasteiger partial charge is 0.262 e. The van der Waals surface area contributed by atoms with E-state index in [4.69, 9.17) is 0 Å². The third-order valence-electron chi connectivity index (χ3n) is 3.81. The molecule has 23 heavy (non-hydrogen) atoms. The van der Waals surface area contributed by atoms with E-state index in [1.807, 2.05) is 55.5 Å². The normalized spacial score (nSPS) is 11.0. The van der Waals surface area contributed by atoms with Crippen molar-refractivity contribution in [3.05, 3.63) is 65.9 Å². The van der Waals surface area contributed by atoms with E-state index >= 15 is 0 Å². The Hall–Kier alpha value is -3.28. The van der Waals surface area contributed by atoms with Gasteiger partial charge in [0.15, 0.2) is 0 Å². The van der Waals surface area contributed by atoms with Gasteiger partial charge in [-0.2, -0.15) is 5.21 Å². The van der Waals surface area contributed by atoms with Crippen molar-refractivity contribution in [1.82, 2.24) is 25.2 Å². The van der Waals surface area contributed by atoms with E-state index in [2.05, 4.69) is 20.6 Å². The third kappa shape index (κ3) is 2.30. The second-order valence-corrected chi connectivity index (χ2v) is 5.37. The molecule has 6 nitrogen and oxygen atoms in total. The summed E-state index contributed by atoms with van der Waals surface area (Å²) < 4.78 is 1.65. The van der Waals surface area contributed by atoms with Crippen LogP contribution in [0, 0.1) is 6.92 Å². The predicted molar refractivity (Wildman–Crippen MR) is 86.0 cm³/mol. The summed E-state index contributed by atoms with van der Waals surface area (Å²) in [6, 6.07) is 15.2. The van der Waals surface area contributed by atoms with E-state index in [1.54, 1.807) is 10.8 Å². The van der Waals surface area contributed by atoms with Gasteiger partial charge in [-0.05, 0) is 48.5 Å². The predicted octanol–water partition coefficient (Wildman–Crippen LogP) is 2.82. The van der Waals surface area contributed by atoms with E-state index in [0.29, 0.717) is 11.4 Å². The number of rotatable bonds is 2. The quantitative estimate of drug-likeness (QED) is 0.618. The van der Waals surface area contributed by atoms with E-state index in [0.717, 1.165) is 22.0 Å². The maximum atomic E-state index is 12.7. The number of nitrogens with zero attached hydrogens (tertiary/aromatic N) is 4. The van der Waals surface area contributed by atoms with Gasteiger partial charge in [-0.3, -0.25) is 9.36 Å². The van der Waals surface area contributed by atoms with Crippen LogP contribution in [0.4, 0.5) is 0 Å². The van der Waals surface area contributed by atoms with Gasteiger partial charge in [0.1, 0.15) is 0 Å². The van der Waals surface area contributed by atoms with Gasteiger partial charge in [0, 0.05) is 22.7 Å². The van der Waals surface area contributed by atoms with Crippen molar-refractivity contribution < 1.29 is 4.79 Å². The van der Waals surface area contributed by atoms with Crippen LogP contribution in [0.2, 0.25) is 0 Å². The van der Waals surface area contributed by atoms with Gasteiger partial charge in [-0.25, -0.2) is 0 Å². The minimum absolute atomic E-state index is 0.0488. The Morgan fingerprint density at radius 3 is 2.65 bits per heavy atom. The SMILES string of the molecule is Cc1ccc(C(=O)n2ccc3cc(-c4nn[nH]n4)ccc32)cc1. The molecule has 0 saturated carbocycles. The molecule has 112 valence electrons. The van der Waals surface area contributed by atoms with Gasteiger partial charge in [0.25, 0.3) is 5.91 Å². The fraction of sp³-hybridized carbons (Fsp3) is 0.0588. The molecule has 0 spiro atoms. The number of benzene rings is 2. The summed E-state index contributed by atoms with van der Waals surface area (Å²) in [4.78, 5) is 12.7. The highest BCUT2D eigenvalue weighted by atomic mass is 16.2. The molecule has 4 aromatic rings. The summed E-state index contributed by atoms with van der Waals surface area (Å²) in [5, 5.41) is 14.9. The highest BCUT2D eigenvalue weighted by Crippen LogP contribution is 2.23. The van der Waals surface area contributed by atoms with Crippen LogP contribution in [0.15, 0.2) is 54.7 Å². The molecule has 0 saturated heterocycles. The molecule has 0 amide bonds. The zero-order valence-corrected chi connectivity index (χ0v) is 12.4. The molecular weight excluding hydrogens is 290 g/mol. The van der Waals surface area contributed by atoms with Crippen LogP contribution in [0.25, 0.3) is 22.3 Å². The van der Waals surface area contributed by atoms with Crippen molar-refractivity contribution in [2.24, 2.45) is 0 Å². The molecule has 0 aliphatic heterocycles. The van der Waals surface area contributed by atoms with Gasteiger partial charge in [-0.1, -0.05) is 17.7 Å². The van der Waals surface area contributed by atoms with Crippen LogP contribution in [0.5, 0.6) is 0 Å². The molecule has 0 bridgehead atoms. The zero-order valence-electron chi connectivity index (χ0n) is 12.4. The van der Waals surface area contributed by atoms with E-state index in [1.165, 1.54) is 0 Å². The number of aromatic amines is 1. The van der Waals surface area contributed by atoms with Gasteiger partial charge in [0.05, 0.1) is 5.52 Å². The Bertz CT molecular complexity index is 984. The average molecular weight is 303 g/mol.